The molecule has 0 unspecified atom stereocenters. The molecule has 1 aliphatic rings. The number of amides is 2. The maximum Gasteiger partial charge on any atom is 0.306 e. The third-order valence-corrected chi connectivity index (χ3v) is 4.21. The molecule has 2 amide bonds. The number of hydrogen-bond donors (Lipinski definition) is 1. The van der Waals surface area contributed by atoms with Crippen molar-refractivity contribution in [1.82, 2.24) is 4.90 Å². The highest BCUT2D eigenvalue weighted by molar-refractivity contribution is 5.97. The zero-order chi connectivity index (χ0) is 18.7. The Labute approximate surface area is 148 Å². The molecule has 8 heteroatoms. The molecule has 3 rings (SSSR count). The zero-order valence-corrected chi connectivity index (χ0v) is 13.7. The van der Waals surface area contributed by atoms with E-state index < -0.39 is 28.3 Å². The van der Waals surface area contributed by atoms with Crippen LogP contribution in [0.1, 0.15) is 12.0 Å². The number of nitrogens with one attached hydrogen (secondary N) is 1. The predicted molar refractivity (Wildman–Crippen MR) is 91.7 cm³/mol. The fourth-order valence-corrected chi connectivity index (χ4v) is 2.88. The van der Waals surface area contributed by atoms with Crippen molar-refractivity contribution in [2.24, 2.45) is 5.92 Å². The number of nitrogens with zero attached hydrogens (tertiary/aromatic N) is 2. The smallest absolute Gasteiger partial charge is 0.306 e. The first-order chi connectivity index (χ1) is 12.4. The van der Waals surface area contributed by atoms with Gasteiger partial charge in [-0.25, -0.2) is 0 Å². The normalized spacial score (nSPS) is 16.6. The highest BCUT2D eigenvalue weighted by Crippen LogP contribution is 2.25. The summed E-state index contributed by atoms with van der Waals surface area (Å²) in [5.74, 6) is -2.08. The van der Waals surface area contributed by atoms with Crippen molar-refractivity contribution in [3.63, 3.8) is 0 Å². The second kappa shape index (κ2) is 7.30. The standard InChI is InChI=1S/C18H16FN3O4/c19-15-7-6-14(9-16(15)22(25)26)20-18(24)13-8-17(23)21(11-13)10-12-4-2-1-3-5-12/h1-7,9,13H,8,10-11H2,(H,20,24)/t13-/m1/s1. The monoisotopic (exact) mass is 357 g/mol. The molecule has 0 aromatic heterocycles. The van der Waals surface area contributed by atoms with Gasteiger partial charge in [0.2, 0.25) is 17.6 Å². The van der Waals surface area contributed by atoms with E-state index in [0.717, 1.165) is 17.7 Å². The summed E-state index contributed by atoms with van der Waals surface area (Å²) in [5.41, 5.74) is 0.379. The molecule has 2 aromatic rings. The van der Waals surface area contributed by atoms with Crippen LogP contribution in [0.4, 0.5) is 15.8 Å². The number of nitro benzene ring substituents is 1. The van der Waals surface area contributed by atoms with Crippen LogP contribution in [-0.4, -0.2) is 28.2 Å². The topological polar surface area (TPSA) is 92.5 Å². The third-order valence-electron chi connectivity index (χ3n) is 4.21. The minimum absolute atomic E-state index is 0.0714. The van der Waals surface area contributed by atoms with Crippen molar-refractivity contribution < 1.29 is 18.9 Å². The summed E-state index contributed by atoms with van der Waals surface area (Å²) in [4.78, 5) is 36.0. The lowest BCUT2D eigenvalue weighted by atomic mass is 10.1. The summed E-state index contributed by atoms with van der Waals surface area (Å²) in [6.45, 7) is 0.689. The van der Waals surface area contributed by atoms with Crippen LogP contribution < -0.4 is 5.32 Å². The Morgan fingerprint density at radius 3 is 2.69 bits per heavy atom. The van der Waals surface area contributed by atoms with Crippen molar-refractivity contribution in [2.75, 3.05) is 11.9 Å². The Morgan fingerprint density at radius 2 is 2.00 bits per heavy atom. The molecule has 0 spiro atoms. The van der Waals surface area contributed by atoms with Crippen molar-refractivity contribution in [3.8, 4) is 0 Å². The number of halogens is 1. The number of carbonyl (C=O) groups excluding carboxylic acids is 2. The van der Waals surface area contributed by atoms with E-state index in [1.807, 2.05) is 30.3 Å². The number of hydrogen-bond acceptors (Lipinski definition) is 4. The van der Waals surface area contributed by atoms with Crippen LogP contribution in [0.25, 0.3) is 0 Å². The van der Waals surface area contributed by atoms with E-state index >= 15 is 0 Å². The van der Waals surface area contributed by atoms with E-state index in [0.29, 0.717) is 6.54 Å². The summed E-state index contributed by atoms with van der Waals surface area (Å²) in [6.07, 6.45) is 0.0714. The second-order valence-corrected chi connectivity index (χ2v) is 6.07. The number of nitro groups is 1. The van der Waals surface area contributed by atoms with E-state index in [2.05, 4.69) is 5.32 Å². The first-order valence-corrected chi connectivity index (χ1v) is 8.00. The molecule has 1 fully saturated rings. The quantitative estimate of drug-likeness (QED) is 0.658. The van der Waals surface area contributed by atoms with E-state index in [9.17, 15) is 24.1 Å². The maximum atomic E-state index is 13.4. The van der Waals surface area contributed by atoms with Gasteiger partial charge in [0.1, 0.15) is 0 Å². The van der Waals surface area contributed by atoms with Gasteiger partial charge in [0.05, 0.1) is 10.8 Å². The van der Waals surface area contributed by atoms with Crippen LogP contribution in [0.2, 0.25) is 0 Å². The van der Waals surface area contributed by atoms with Crippen LogP contribution >= 0.6 is 0 Å². The van der Waals surface area contributed by atoms with Crippen molar-refractivity contribution in [3.05, 3.63) is 70.0 Å². The maximum absolute atomic E-state index is 13.4. The summed E-state index contributed by atoms with van der Waals surface area (Å²) in [7, 11) is 0. The minimum atomic E-state index is -0.974. The molecule has 0 bridgehead atoms. The minimum Gasteiger partial charge on any atom is -0.338 e. The molecule has 134 valence electrons. The van der Waals surface area contributed by atoms with Gasteiger partial charge in [-0.15, -0.1) is 0 Å². The van der Waals surface area contributed by atoms with E-state index in [1.54, 1.807) is 4.90 Å². The first kappa shape index (κ1) is 17.5. The summed E-state index contributed by atoms with van der Waals surface area (Å²) in [5, 5.41) is 13.3. The van der Waals surface area contributed by atoms with Gasteiger partial charge in [-0.1, -0.05) is 30.3 Å². The molecule has 2 aromatic carbocycles. The van der Waals surface area contributed by atoms with Crippen LogP contribution in [0.15, 0.2) is 48.5 Å². The lowest BCUT2D eigenvalue weighted by Gasteiger charge is -2.16. The fourth-order valence-electron chi connectivity index (χ4n) is 2.88. The zero-order valence-electron chi connectivity index (χ0n) is 13.7. The molecule has 1 heterocycles. The molecule has 1 saturated heterocycles. The molecule has 0 saturated carbocycles. The molecule has 0 aliphatic carbocycles. The van der Waals surface area contributed by atoms with Gasteiger partial charge in [-0.05, 0) is 17.7 Å². The van der Waals surface area contributed by atoms with Gasteiger partial charge < -0.3 is 10.2 Å². The SMILES string of the molecule is O=C(Nc1ccc(F)c([N+](=O)[O-])c1)[C@@H]1CC(=O)N(Cc2ccccc2)C1. The molecule has 1 N–H and O–H groups in total. The number of carbonyl (C=O) groups is 2. The Hall–Kier alpha value is -3.29. The van der Waals surface area contributed by atoms with Crippen LogP contribution in [-0.2, 0) is 16.1 Å². The lowest BCUT2D eigenvalue weighted by Crippen LogP contribution is -2.28. The van der Waals surface area contributed by atoms with Gasteiger partial charge in [0.25, 0.3) is 0 Å². The number of likely N-dealkylation sites (tertiary alicyclic amines) is 1. The summed E-state index contributed by atoms with van der Waals surface area (Å²) in [6, 6.07) is 12.6. The van der Waals surface area contributed by atoms with Gasteiger partial charge in [-0.2, -0.15) is 4.39 Å². The van der Waals surface area contributed by atoms with Gasteiger partial charge in [0, 0.05) is 31.3 Å². The fraction of sp³-hybridized carbons (Fsp3) is 0.222. The average molecular weight is 357 g/mol. The lowest BCUT2D eigenvalue weighted by molar-refractivity contribution is -0.387. The first-order valence-electron chi connectivity index (χ1n) is 8.00. The largest absolute Gasteiger partial charge is 0.338 e. The Kier molecular flexibility index (Phi) is 4.92. The molecular formula is C18H16FN3O4. The Balaban J connectivity index is 1.65. The predicted octanol–water partition coefficient (Wildman–Crippen LogP) is 2.72. The Bertz CT molecular complexity index is 857. The van der Waals surface area contributed by atoms with Crippen molar-refractivity contribution in [2.45, 2.75) is 13.0 Å². The number of rotatable bonds is 5. The van der Waals surface area contributed by atoms with Crippen LogP contribution in [0.5, 0.6) is 0 Å². The average Bonchev–Trinajstić information content (AvgIpc) is 2.98. The summed E-state index contributed by atoms with van der Waals surface area (Å²) >= 11 is 0. The van der Waals surface area contributed by atoms with Gasteiger partial charge in [0.15, 0.2) is 0 Å². The molecular weight excluding hydrogens is 341 g/mol. The van der Waals surface area contributed by atoms with Crippen LogP contribution in [0.3, 0.4) is 0 Å². The molecule has 1 atom stereocenters. The Morgan fingerprint density at radius 1 is 1.27 bits per heavy atom. The third kappa shape index (κ3) is 3.85. The van der Waals surface area contributed by atoms with Gasteiger partial charge >= 0.3 is 5.69 Å². The van der Waals surface area contributed by atoms with E-state index in [4.69, 9.17) is 0 Å². The number of anilines is 1. The molecule has 1 aliphatic heterocycles. The summed E-state index contributed by atoms with van der Waals surface area (Å²) < 4.78 is 13.4. The van der Waals surface area contributed by atoms with Crippen molar-refractivity contribution in [1.29, 1.82) is 0 Å². The highest BCUT2D eigenvalue weighted by atomic mass is 19.1. The molecule has 26 heavy (non-hydrogen) atoms. The molecule has 0 radical (unpaired) electrons. The van der Waals surface area contributed by atoms with E-state index in [1.165, 1.54) is 6.07 Å². The molecule has 7 nitrogen and oxygen atoms in total. The number of benzene rings is 2. The van der Waals surface area contributed by atoms with Gasteiger partial charge in [-0.3, -0.25) is 19.7 Å². The van der Waals surface area contributed by atoms with Crippen molar-refractivity contribution >= 4 is 23.2 Å². The van der Waals surface area contributed by atoms with E-state index in [-0.39, 0.29) is 24.6 Å². The highest BCUT2D eigenvalue weighted by Gasteiger charge is 2.34. The van der Waals surface area contributed by atoms with Crippen LogP contribution in [0, 0.1) is 21.8 Å². The second-order valence-electron chi connectivity index (χ2n) is 6.07.